The molecule has 2 heterocycles. The van der Waals surface area contributed by atoms with Crippen LogP contribution in [0.2, 0.25) is 0 Å². The molecule has 1 aliphatic carbocycles. The third-order valence-electron chi connectivity index (χ3n) is 7.68. The minimum Gasteiger partial charge on any atom is -0.662 e. The summed E-state index contributed by atoms with van der Waals surface area (Å²) in [6, 6.07) is 11.1. The molecule has 0 amide bonds. The Morgan fingerprint density at radius 1 is 1.16 bits per heavy atom. The molecule has 37 heavy (non-hydrogen) atoms. The average Bonchev–Trinajstić information content (AvgIpc) is 3.32. The second-order valence-corrected chi connectivity index (χ2v) is 10.3. The van der Waals surface area contributed by atoms with Crippen LogP contribution >= 0.6 is 0 Å². The number of aldehydes is 1. The monoisotopic (exact) mass is 593 g/mol. The van der Waals surface area contributed by atoms with Crippen molar-refractivity contribution in [3.05, 3.63) is 70.5 Å². The number of allylic oxidation sites excluding steroid dienone is 3. The van der Waals surface area contributed by atoms with Crippen molar-refractivity contribution in [2.45, 2.75) is 63.2 Å². The van der Waals surface area contributed by atoms with Gasteiger partial charge in [-0.25, -0.2) is 0 Å². The predicted molar refractivity (Wildman–Crippen MR) is 139 cm³/mol. The molecule has 2 saturated heterocycles. The second-order valence-electron chi connectivity index (χ2n) is 10.3. The van der Waals surface area contributed by atoms with Crippen molar-refractivity contribution in [1.29, 1.82) is 0 Å². The van der Waals surface area contributed by atoms with Gasteiger partial charge in [-0.1, -0.05) is 68.0 Å². The van der Waals surface area contributed by atoms with Crippen LogP contribution in [-0.4, -0.2) is 56.6 Å². The first-order valence-electron chi connectivity index (χ1n) is 12.9. The van der Waals surface area contributed by atoms with E-state index in [-0.39, 0.29) is 44.4 Å². The number of nitrogens with two attached hydrogens (primary N) is 1. The molecule has 9 heteroatoms. The van der Waals surface area contributed by atoms with Gasteiger partial charge in [0.25, 0.3) is 0 Å². The Bertz CT molecular complexity index is 872. The Labute approximate surface area is 244 Å². The molecule has 2 N–H and O–H groups in total. The molecule has 0 aromatic heterocycles. The number of piperidine rings is 2. The van der Waals surface area contributed by atoms with Crippen molar-refractivity contribution >= 4 is 6.29 Å². The maximum Gasteiger partial charge on any atom is 0.416 e. The van der Waals surface area contributed by atoms with Gasteiger partial charge in [-0.2, -0.15) is 13.2 Å². The van der Waals surface area contributed by atoms with Crippen molar-refractivity contribution in [2.75, 3.05) is 33.2 Å². The predicted octanol–water partition coefficient (Wildman–Crippen LogP) is 6.29. The van der Waals surface area contributed by atoms with Crippen LogP contribution < -0.4 is 5.73 Å². The van der Waals surface area contributed by atoms with E-state index in [4.69, 9.17) is 5.73 Å². The van der Waals surface area contributed by atoms with Crippen molar-refractivity contribution in [3.8, 4) is 0 Å². The molecule has 0 bridgehead atoms. The molecule has 1 spiro atoms. The smallest absolute Gasteiger partial charge is 0.416 e. The Kier molecular flexibility index (Phi) is 13.5. The number of alkyl halides is 3. The third-order valence-corrected chi connectivity index (χ3v) is 7.68. The summed E-state index contributed by atoms with van der Waals surface area (Å²) in [7, 11) is 1.79. The number of hydrogen-bond acceptors (Lipinski definition) is 3. The standard InChI is InChI=1S/C17H24F3N2O.C11H15N2.Y/c1-22(10-5-14(6-11-23)17(18,19)20)12-15-4-9-21-13-16(15)7-2-3-8-16;12-10-6-7-13-11(8-10)9-4-2-1-3-5-9;/h5-6,10-11,15H,2-4,7-9,12-13H2,1H3;1-5,10-11H,6-8,12H2;/q2*-1;/b10-5-,14-6+;;. The summed E-state index contributed by atoms with van der Waals surface area (Å²) >= 11 is 0. The molecule has 3 fully saturated rings. The molecule has 3 unspecified atom stereocenters. The largest absolute Gasteiger partial charge is 0.662 e. The minimum absolute atomic E-state index is 0. The topological polar surface area (TPSA) is 74.5 Å². The van der Waals surface area contributed by atoms with Crippen LogP contribution in [0.15, 0.2) is 54.3 Å². The molecule has 1 radical (unpaired) electrons. The molecule has 1 aromatic rings. The van der Waals surface area contributed by atoms with Crippen molar-refractivity contribution in [3.63, 3.8) is 0 Å². The van der Waals surface area contributed by atoms with Crippen LogP contribution in [0.4, 0.5) is 13.2 Å². The SMILES string of the molecule is CN(/C=C\C(=C/C=O)C(F)(F)F)CC1CC[N-]CC12CCCC2.NC1CC[N-]C(c2ccccc2)C1.[Y]. The normalized spacial score (nSPS) is 25.8. The van der Waals surface area contributed by atoms with Crippen molar-refractivity contribution in [1.82, 2.24) is 4.90 Å². The number of rotatable bonds is 6. The van der Waals surface area contributed by atoms with Crippen LogP contribution in [0.25, 0.3) is 10.6 Å². The zero-order chi connectivity index (χ0) is 26.0. The van der Waals surface area contributed by atoms with E-state index in [0.717, 1.165) is 51.5 Å². The summed E-state index contributed by atoms with van der Waals surface area (Å²) < 4.78 is 38.2. The summed E-state index contributed by atoms with van der Waals surface area (Å²) in [6.07, 6.45) is 6.50. The number of hydrogen-bond donors (Lipinski definition) is 1. The molecule has 4 rings (SSSR count). The summed E-state index contributed by atoms with van der Waals surface area (Å²) in [5.41, 5.74) is 6.54. The molecule has 1 saturated carbocycles. The first kappa shape index (κ1) is 32.2. The first-order valence-corrected chi connectivity index (χ1v) is 12.9. The fourth-order valence-electron chi connectivity index (χ4n) is 5.64. The molecule has 2 aliphatic heterocycles. The summed E-state index contributed by atoms with van der Waals surface area (Å²) in [6.45, 7) is 3.40. The number of benzene rings is 1. The van der Waals surface area contributed by atoms with E-state index < -0.39 is 11.7 Å². The Morgan fingerprint density at radius 3 is 2.49 bits per heavy atom. The molecular weight excluding hydrogens is 554 g/mol. The van der Waals surface area contributed by atoms with Crippen molar-refractivity contribution < 1.29 is 50.7 Å². The number of carbonyl (C=O) groups excluding carboxylic acids is 1. The number of nitrogens with zero attached hydrogens (tertiary/aromatic N) is 3. The van der Waals surface area contributed by atoms with E-state index in [1.165, 1.54) is 37.4 Å². The fourth-order valence-corrected chi connectivity index (χ4v) is 5.64. The van der Waals surface area contributed by atoms with Gasteiger partial charge in [0, 0.05) is 52.3 Å². The molecule has 1 aromatic carbocycles. The van der Waals surface area contributed by atoms with Gasteiger partial charge >= 0.3 is 6.18 Å². The molecule has 5 nitrogen and oxygen atoms in total. The number of halogens is 3. The molecule has 203 valence electrons. The van der Waals surface area contributed by atoms with Gasteiger partial charge in [-0.3, -0.25) is 4.79 Å². The second kappa shape index (κ2) is 15.5. The van der Waals surface area contributed by atoms with Crippen LogP contribution in [-0.2, 0) is 37.5 Å². The van der Waals surface area contributed by atoms with E-state index in [1.54, 1.807) is 11.9 Å². The third kappa shape index (κ3) is 9.88. The van der Waals surface area contributed by atoms with Gasteiger partial charge in [0.05, 0.1) is 5.57 Å². The molecular formula is C28H39F3N4OY-2. The fraction of sp³-hybridized carbons (Fsp3) is 0.607. The van der Waals surface area contributed by atoms with Gasteiger partial charge in [0.1, 0.15) is 6.29 Å². The van der Waals surface area contributed by atoms with Crippen LogP contribution in [0.5, 0.6) is 0 Å². The quantitative estimate of drug-likeness (QED) is 0.239. The van der Waals surface area contributed by atoms with E-state index in [2.05, 4.69) is 34.9 Å². The van der Waals surface area contributed by atoms with Crippen LogP contribution in [0, 0.1) is 11.3 Å². The van der Waals surface area contributed by atoms with Crippen LogP contribution in [0.3, 0.4) is 0 Å². The van der Waals surface area contributed by atoms with E-state index in [0.29, 0.717) is 24.1 Å². The summed E-state index contributed by atoms with van der Waals surface area (Å²) in [5, 5.41) is 9.14. The van der Waals surface area contributed by atoms with Gasteiger partial charge in [0.2, 0.25) is 0 Å². The van der Waals surface area contributed by atoms with Crippen LogP contribution in [0.1, 0.15) is 56.6 Å². The summed E-state index contributed by atoms with van der Waals surface area (Å²) in [5.74, 6) is 0.474. The first-order chi connectivity index (χ1) is 17.2. The molecule has 3 atom stereocenters. The van der Waals surface area contributed by atoms with Crippen molar-refractivity contribution in [2.24, 2.45) is 17.1 Å². The van der Waals surface area contributed by atoms with Gasteiger partial charge in [0.15, 0.2) is 0 Å². The van der Waals surface area contributed by atoms with Gasteiger partial charge in [-0.15, -0.1) is 25.7 Å². The van der Waals surface area contributed by atoms with E-state index in [1.807, 2.05) is 6.07 Å². The van der Waals surface area contributed by atoms with Gasteiger partial charge in [-0.05, 0) is 42.5 Å². The zero-order valence-electron chi connectivity index (χ0n) is 21.7. The van der Waals surface area contributed by atoms with E-state index in [9.17, 15) is 18.0 Å². The minimum atomic E-state index is -4.51. The molecule has 3 aliphatic rings. The Balaban J connectivity index is 0.000000291. The van der Waals surface area contributed by atoms with Gasteiger partial charge < -0.3 is 21.3 Å². The summed E-state index contributed by atoms with van der Waals surface area (Å²) in [4.78, 5) is 12.2. The van der Waals surface area contributed by atoms with E-state index >= 15 is 0 Å². The number of carbonyl (C=O) groups is 1. The Morgan fingerprint density at radius 2 is 1.86 bits per heavy atom. The maximum atomic E-state index is 12.7. The Hall–Kier alpha value is -1.06. The maximum absolute atomic E-state index is 12.7. The zero-order valence-corrected chi connectivity index (χ0v) is 24.6. The average molecular weight is 594 g/mol.